The first-order valence-corrected chi connectivity index (χ1v) is 18.0. The van der Waals surface area contributed by atoms with Gasteiger partial charge in [0.05, 0.1) is 21.9 Å². The lowest BCUT2D eigenvalue weighted by molar-refractivity contribution is 0.102. The summed E-state index contributed by atoms with van der Waals surface area (Å²) in [4.78, 5) is 15.2. The van der Waals surface area contributed by atoms with Crippen LogP contribution in [0.15, 0.2) is 57.9 Å². The number of allylic oxidation sites excluding steroid dienone is 4. The molecule has 0 spiro atoms. The Hall–Kier alpha value is -2.39. The average Bonchev–Trinajstić information content (AvgIpc) is 3.44. The fraction of sp³-hybridized carbons (Fsp3) is 0.556. The van der Waals surface area contributed by atoms with Crippen LogP contribution in [0.4, 0.5) is 0 Å². The van der Waals surface area contributed by atoms with Gasteiger partial charge in [-0.3, -0.25) is 4.79 Å². The molecule has 1 fully saturated rings. The number of fused-ring (bicyclic) bond motifs is 1. The molecule has 1 aliphatic heterocycles. The summed E-state index contributed by atoms with van der Waals surface area (Å²) in [5.41, 5.74) is 9.35. The molecule has 1 aliphatic carbocycles. The van der Waals surface area contributed by atoms with Crippen molar-refractivity contribution in [2.24, 2.45) is 22.7 Å². The minimum Gasteiger partial charge on any atom is -0.497 e. The Bertz CT molecular complexity index is 1180. The van der Waals surface area contributed by atoms with Crippen LogP contribution in [0.1, 0.15) is 99.5 Å². The maximum absolute atomic E-state index is 12.1. The van der Waals surface area contributed by atoms with Crippen molar-refractivity contribution in [1.82, 2.24) is 4.90 Å². The molecule has 1 aromatic carbocycles. The Morgan fingerprint density at radius 1 is 1.18 bits per heavy atom. The van der Waals surface area contributed by atoms with E-state index in [0.29, 0.717) is 18.1 Å². The highest BCUT2D eigenvalue weighted by atomic mass is 32.2. The van der Waals surface area contributed by atoms with Crippen LogP contribution in [0.2, 0.25) is 0 Å². The van der Waals surface area contributed by atoms with E-state index >= 15 is 0 Å². The third kappa shape index (κ3) is 12.9. The van der Waals surface area contributed by atoms with Gasteiger partial charge in [0.2, 0.25) is 0 Å². The van der Waals surface area contributed by atoms with Gasteiger partial charge in [0.25, 0.3) is 0 Å². The van der Waals surface area contributed by atoms with Crippen molar-refractivity contribution < 1.29 is 14.7 Å². The van der Waals surface area contributed by atoms with Crippen LogP contribution in [0.5, 0.6) is 5.75 Å². The van der Waals surface area contributed by atoms with Crippen molar-refractivity contribution in [3.8, 4) is 5.75 Å². The second kappa shape index (κ2) is 22.2. The number of hydrogen-bond acceptors (Lipinski definition) is 8. The average molecular weight is 644 g/mol. The molecule has 1 atom stereocenters. The number of Topliss-reactive ketones (excluding diaryl/α,β-unsaturated/α-hetero) is 1. The number of likely N-dealkylation sites (tertiary alicyclic amines) is 1. The van der Waals surface area contributed by atoms with Gasteiger partial charge in [-0.05, 0) is 107 Å². The summed E-state index contributed by atoms with van der Waals surface area (Å²) in [5.74, 6) is 2.56. The zero-order valence-corrected chi connectivity index (χ0v) is 30.2. The predicted octanol–water partition coefficient (Wildman–Crippen LogP) is 9.07. The van der Waals surface area contributed by atoms with Gasteiger partial charge in [-0.1, -0.05) is 76.2 Å². The zero-order valence-electron chi connectivity index (χ0n) is 28.6. The first kappa shape index (κ1) is 39.6. The largest absolute Gasteiger partial charge is 0.497 e. The van der Waals surface area contributed by atoms with Crippen LogP contribution in [-0.2, 0) is 6.42 Å². The minimum atomic E-state index is 0.0734. The lowest BCUT2D eigenvalue weighted by Crippen LogP contribution is -2.33. The molecule has 2 aliphatic rings. The summed E-state index contributed by atoms with van der Waals surface area (Å²) in [6, 6.07) is 7.96. The number of thioether (sulfide) groups is 1. The lowest BCUT2D eigenvalue weighted by atomic mass is 9.79. The van der Waals surface area contributed by atoms with Gasteiger partial charge in [0.15, 0.2) is 5.78 Å². The Labute approximate surface area is 275 Å². The van der Waals surface area contributed by atoms with E-state index in [1.54, 1.807) is 25.8 Å². The van der Waals surface area contributed by atoms with E-state index in [2.05, 4.69) is 62.2 Å². The van der Waals surface area contributed by atoms with Crippen LogP contribution in [0.3, 0.4) is 0 Å². The predicted molar refractivity (Wildman–Crippen MR) is 193 cm³/mol. The molecule has 246 valence electrons. The summed E-state index contributed by atoms with van der Waals surface area (Å²) in [6.07, 6.45) is 15.7. The fourth-order valence-electron chi connectivity index (χ4n) is 5.01. The Balaban J connectivity index is 0.000000398. The monoisotopic (exact) mass is 643 g/mol. The van der Waals surface area contributed by atoms with Crippen molar-refractivity contribution >= 4 is 34.6 Å². The van der Waals surface area contributed by atoms with E-state index in [-0.39, 0.29) is 11.7 Å². The number of piperidine rings is 1. The maximum Gasteiger partial charge on any atom is 0.170 e. The second-order valence-corrected chi connectivity index (χ2v) is 13.3. The highest BCUT2D eigenvalue weighted by molar-refractivity contribution is 8.00. The number of nitrogens with two attached hydrogens (primary N) is 1. The minimum absolute atomic E-state index is 0.0734. The molecule has 0 amide bonds. The first-order valence-electron chi connectivity index (χ1n) is 16.0. The van der Waals surface area contributed by atoms with Crippen molar-refractivity contribution in [3.63, 3.8) is 0 Å². The quantitative estimate of drug-likeness (QED) is 0.0981. The number of ketones is 1. The van der Waals surface area contributed by atoms with Crippen LogP contribution >= 0.6 is 23.1 Å². The number of hydrogen-bond donors (Lipinski definition) is 2. The van der Waals surface area contributed by atoms with Crippen molar-refractivity contribution in [3.05, 3.63) is 70.1 Å². The zero-order chi connectivity index (χ0) is 33.1. The number of thiophene rings is 1. The van der Waals surface area contributed by atoms with Crippen LogP contribution in [0.25, 0.3) is 0 Å². The number of oxime groups is 1. The highest BCUT2D eigenvalue weighted by Gasteiger charge is 2.32. The van der Waals surface area contributed by atoms with Gasteiger partial charge in [0, 0.05) is 12.0 Å². The molecule has 0 radical (unpaired) electrons. The molecule has 2 aromatic rings. The summed E-state index contributed by atoms with van der Waals surface area (Å²) in [6.45, 7) is 15.5. The molecule has 1 aromatic heterocycles. The van der Waals surface area contributed by atoms with E-state index in [0.717, 1.165) is 56.8 Å². The Morgan fingerprint density at radius 3 is 2.30 bits per heavy atom. The first-order chi connectivity index (χ1) is 21.2. The summed E-state index contributed by atoms with van der Waals surface area (Å²) in [5, 5.41) is 13.1. The fourth-order valence-corrected chi connectivity index (χ4v) is 7.02. The van der Waals surface area contributed by atoms with Gasteiger partial charge < -0.3 is 20.6 Å². The van der Waals surface area contributed by atoms with Gasteiger partial charge in [-0.15, -0.1) is 23.1 Å². The molecular weight excluding hydrogens is 587 g/mol. The van der Waals surface area contributed by atoms with Gasteiger partial charge in [-0.2, -0.15) is 0 Å². The highest BCUT2D eigenvalue weighted by Crippen LogP contribution is 2.43. The number of rotatable bonds is 8. The summed E-state index contributed by atoms with van der Waals surface area (Å²) < 4.78 is 6.27. The number of nitrogens with zero attached hydrogens (tertiary/aromatic N) is 2. The molecule has 1 unspecified atom stereocenters. The molecule has 2 heterocycles. The summed E-state index contributed by atoms with van der Waals surface area (Å²) in [7, 11) is 3.82. The molecule has 0 saturated carbocycles. The van der Waals surface area contributed by atoms with Crippen molar-refractivity contribution in [2.75, 3.05) is 40.0 Å². The van der Waals surface area contributed by atoms with Crippen molar-refractivity contribution in [1.29, 1.82) is 0 Å². The molecule has 3 N–H and O–H groups in total. The van der Waals surface area contributed by atoms with E-state index in [1.165, 1.54) is 37.3 Å². The molecule has 4 rings (SSSR count). The topological polar surface area (TPSA) is 88.2 Å². The van der Waals surface area contributed by atoms with Crippen LogP contribution in [-0.4, -0.2) is 61.6 Å². The number of carbonyl (C=O) groups excluding carboxylic acids is 1. The van der Waals surface area contributed by atoms with Gasteiger partial charge >= 0.3 is 0 Å². The van der Waals surface area contributed by atoms with E-state index in [1.807, 2.05) is 44.4 Å². The Kier molecular flexibility index (Phi) is 20.0. The third-order valence-corrected chi connectivity index (χ3v) is 9.97. The number of benzene rings is 1. The SMILES string of the molecule is CC.CC/C=C\C=C/C(C)C.CN1CCC(CN)CC1.COc1ccc(C2C/C(=N\O)c3c(SC)sc(C(C)=O)c3C2)cc1. The van der Waals surface area contributed by atoms with E-state index in [4.69, 9.17) is 10.5 Å². The molecule has 1 saturated heterocycles. The van der Waals surface area contributed by atoms with Gasteiger partial charge in [-0.25, -0.2) is 0 Å². The number of ether oxygens (including phenoxy) is 1. The van der Waals surface area contributed by atoms with Gasteiger partial charge in [0.1, 0.15) is 5.75 Å². The molecule has 6 nitrogen and oxygen atoms in total. The maximum atomic E-state index is 12.1. The normalized spacial score (nSPS) is 17.8. The summed E-state index contributed by atoms with van der Waals surface area (Å²) >= 11 is 3.11. The van der Waals surface area contributed by atoms with Crippen molar-refractivity contribution in [2.45, 2.75) is 83.8 Å². The Morgan fingerprint density at radius 2 is 1.82 bits per heavy atom. The lowest BCUT2D eigenvalue weighted by Gasteiger charge is -2.27. The molecule has 0 bridgehead atoms. The van der Waals surface area contributed by atoms with E-state index in [9.17, 15) is 10.0 Å². The second-order valence-electron chi connectivity index (χ2n) is 11.2. The number of carbonyl (C=O) groups is 1. The van der Waals surface area contributed by atoms with Crippen LogP contribution < -0.4 is 10.5 Å². The standard InChI is InChI=1S/C18H19NO3S2.C9H16.C7H16N2.C2H6/c1-10(20)17-14-8-12(11-4-6-13(22-2)7-5-11)9-15(19-21)16(14)18(23-3)24-17;1-4-5-6-7-8-9(2)3;1-9-4-2-7(6-8)3-5-9;1-2/h4-7,12,21H,8-9H2,1-3H3;5-9H,4H2,1-3H3;7H,2-6,8H2,1H3;1-2H3/b19-15+;6-5-,8-7-;;. The molecule has 8 heteroatoms. The molecule has 44 heavy (non-hydrogen) atoms. The third-order valence-electron chi connectivity index (χ3n) is 7.52. The van der Waals surface area contributed by atoms with Crippen LogP contribution in [0, 0.1) is 11.8 Å². The smallest absolute Gasteiger partial charge is 0.170 e. The van der Waals surface area contributed by atoms with E-state index < -0.39 is 0 Å². The molecular formula is C36H57N3O3S2. The number of methoxy groups -OCH3 is 1.